The molecule has 0 spiro atoms. The predicted molar refractivity (Wildman–Crippen MR) is 77.5 cm³/mol. The highest BCUT2D eigenvalue weighted by Gasteiger charge is 2.15. The number of likely N-dealkylation sites (tertiary alicyclic amines) is 1. The van der Waals surface area contributed by atoms with Gasteiger partial charge in [-0.2, -0.15) is 0 Å². The number of nitrogens with one attached hydrogen (secondary N) is 1. The molecule has 0 atom stereocenters. The summed E-state index contributed by atoms with van der Waals surface area (Å²) in [5, 5.41) is 12.5. The summed E-state index contributed by atoms with van der Waals surface area (Å²) in [6.45, 7) is 6.67. The Bertz CT molecular complexity index is 411. The number of hydrogen-bond acceptors (Lipinski definition) is 5. The van der Waals surface area contributed by atoms with Gasteiger partial charge in [-0.25, -0.2) is 0 Å². The maximum Gasteiger partial charge on any atom is 0.240 e. The number of nitrogens with zero attached hydrogens (tertiary/aromatic N) is 3. The first-order chi connectivity index (χ1) is 9.15. The van der Waals surface area contributed by atoms with E-state index >= 15 is 0 Å². The molecule has 1 aromatic rings. The van der Waals surface area contributed by atoms with Crippen LogP contribution < -0.4 is 5.32 Å². The van der Waals surface area contributed by atoms with E-state index in [0.717, 1.165) is 18.1 Å². The van der Waals surface area contributed by atoms with Gasteiger partial charge >= 0.3 is 0 Å². The molecule has 1 amide bonds. The van der Waals surface area contributed by atoms with Crippen LogP contribution in [0.4, 0.5) is 5.13 Å². The molecule has 19 heavy (non-hydrogen) atoms. The molecular weight excluding hydrogens is 260 g/mol. The van der Waals surface area contributed by atoms with Gasteiger partial charge in [0.25, 0.3) is 0 Å². The van der Waals surface area contributed by atoms with Crippen LogP contribution in [0.25, 0.3) is 0 Å². The summed E-state index contributed by atoms with van der Waals surface area (Å²) in [6, 6.07) is 0. The molecule has 1 fully saturated rings. The van der Waals surface area contributed by atoms with E-state index in [1.165, 1.54) is 37.0 Å². The number of hydrogen-bond donors (Lipinski definition) is 1. The molecule has 0 bridgehead atoms. The highest BCUT2D eigenvalue weighted by Crippen LogP contribution is 2.22. The average molecular weight is 282 g/mol. The number of anilines is 1. The summed E-state index contributed by atoms with van der Waals surface area (Å²) in [6.07, 6.45) is 4.96. The minimum absolute atomic E-state index is 0.0216. The van der Waals surface area contributed by atoms with Crippen LogP contribution in [-0.2, 0) is 4.79 Å². The van der Waals surface area contributed by atoms with Gasteiger partial charge in [0.05, 0.1) is 6.54 Å². The molecule has 0 radical (unpaired) electrons. The Labute approximate surface area is 118 Å². The predicted octanol–water partition coefficient (Wildman–Crippen LogP) is 2.48. The van der Waals surface area contributed by atoms with Gasteiger partial charge in [-0.3, -0.25) is 15.0 Å². The molecule has 6 heteroatoms. The van der Waals surface area contributed by atoms with Crippen LogP contribution in [0.2, 0.25) is 0 Å². The van der Waals surface area contributed by atoms with Gasteiger partial charge in [0.1, 0.15) is 5.01 Å². The van der Waals surface area contributed by atoms with Crippen LogP contribution in [0.3, 0.4) is 0 Å². The van der Waals surface area contributed by atoms with E-state index in [1.54, 1.807) is 0 Å². The topological polar surface area (TPSA) is 58.1 Å². The number of aromatic nitrogens is 2. The van der Waals surface area contributed by atoms with Crippen molar-refractivity contribution in [1.29, 1.82) is 0 Å². The van der Waals surface area contributed by atoms with Crippen LogP contribution in [0.15, 0.2) is 0 Å². The zero-order valence-corrected chi connectivity index (χ0v) is 12.5. The van der Waals surface area contributed by atoms with E-state index in [2.05, 4.69) is 34.3 Å². The fourth-order valence-electron chi connectivity index (χ4n) is 2.17. The quantitative estimate of drug-likeness (QED) is 0.921. The van der Waals surface area contributed by atoms with Gasteiger partial charge < -0.3 is 0 Å². The van der Waals surface area contributed by atoms with E-state index in [0.29, 0.717) is 17.6 Å². The molecular formula is C13H22N4OS. The standard InChI is InChI=1S/C13H22N4OS/c1-10(2)12-15-16-13(19-12)14-11(18)9-17-7-5-3-4-6-8-17/h10H,3-9H2,1-2H3,(H,14,16,18). The van der Waals surface area contributed by atoms with Crippen molar-refractivity contribution in [3.63, 3.8) is 0 Å². The molecule has 106 valence electrons. The molecule has 5 nitrogen and oxygen atoms in total. The van der Waals surface area contributed by atoms with Crippen LogP contribution in [0.5, 0.6) is 0 Å². The molecule has 0 unspecified atom stereocenters. The molecule has 2 rings (SSSR count). The molecule has 0 aliphatic carbocycles. The van der Waals surface area contributed by atoms with Gasteiger partial charge in [-0.15, -0.1) is 10.2 Å². The molecule has 0 aromatic carbocycles. The molecule has 1 saturated heterocycles. The summed E-state index contributed by atoms with van der Waals surface area (Å²) < 4.78 is 0. The summed E-state index contributed by atoms with van der Waals surface area (Å²) >= 11 is 1.46. The number of rotatable bonds is 4. The Morgan fingerprint density at radius 1 is 1.26 bits per heavy atom. The van der Waals surface area contributed by atoms with Crippen molar-refractivity contribution in [2.75, 3.05) is 25.0 Å². The van der Waals surface area contributed by atoms with E-state index in [1.807, 2.05) is 0 Å². The second kappa shape index (κ2) is 6.96. The van der Waals surface area contributed by atoms with E-state index in [4.69, 9.17) is 0 Å². The highest BCUT2D eigenvalue weighted by molar-refractivity contribution is 7.15. The Morgan fingerprint density at radius 2 is 1.95 bits per heavy atom. The fraction of sp³-hybridized carbons (Fsp3) is 0.769. The van der Waals surface area contributed by atoms with Crippen LogP contribution in [0, 0.1) is 0 Å². The first-order valence-electron chi connectivity index (χ1n) is 7.01. The summed E-state index contributed by atoms with van der Waals surface area (Å²) in [4.78, 5) is 14.2. The molecule has 2 heterocycles. The van der Waals surface area contributed by atoms with Crippen molar-refractivity contribution in [2.45, 2.75) is 45.4 Å². The normalized spacial score (nSPS) is 17.4. The summed E-state index contributed by atoms with van der Waals surface area (Å²) in [5.74, 6) is 0.377. The lowest BCUT2D eigenvalue weighted by Gasteiger charge is -2.18. The van der Waals surface area contributed by atoms with Gasteiger partial charge in [0.15, 0.2) is 0 Å². The number of carbonyl (C=O) groups is 1. The Balaban J connectivity index is 1.82. The largest absolute Gasteiger partial charge is 0.299 e. The second-order valence-electron chi connectivity index (χ2n) is 5.34. The van der Waals surface area contributed by atoms with Crippen LogP contribution >= 0.6 is 11.3 Å². The monoisotopic (exact) mass is 282 g/mol. The van der Waals surface area contributed by atoms with Crippen molar-refractivity contribution in [3.05, 3.63) is 5.01 Å². The smallest absolute Gasteiger partial charge is 0.240 e. The van der Waals surface area contributed by atoms with E-state index in [9.17, 15) is 4.79 Å². The minimum Gasteiger partial charge on any atom is -0.299 e. The van der Waals surface area contributed by atoms with Crippen molar-refractivity contribution < 1.29 is 4.79 Å². The lowest BCUT2D eigenvalue weighted by molar-refractivity contribution is -0.117. The lowest BCUT2D eigenvalue weighted by Crippen LogP contribution is -2.33. The summed E-state index contributed by atoms with van der Waals surface area (Å²) in [7, 11) is 0. The molecule has 1 aromatic heterocycles. The van der Waals surface area contributed by atoms with Crippen molar-refractivity contribution >= 4 is 22.4 Å². The molecule has 0 saturated carbocycles. The van der Waals surface area contributed by atoms with Crippen LogP contribution in [0.1, 0.15) is 50.5 Å². The third kappa shape index (κ3) is 4.54. The lowest BCUT2D eigenvalue weighted by atomic mass is 10.2. The van der Waals surface area contributed by atoms with Gasteiger partial charge in [-0.05, 0) is 25.9 Å². The van der Waals surface area contributed by atoms with Crippen molar-refractivity contribution in [2.24, 2.45) is 0 Å². The van der Waals surface area contributed by atoms with Gasteiger partial charge in [0, 0.05) is 5.92 Å². The third-order valence-electron chi connectivity index (χ3n) is 3.25. The molecule has 1 aliphatic heterocycles. The Morgan fingerprint density at radius 3 is 2.53 bits per heavy atom. The Kier molecular flexibility index (Phi) is 5.27. The highest BCUT2D eigenvalue weighted by atomic mass is 32.1. The maximum absolute atomic E-state index is 12.0. The first-order valence-corrected chi connectivity index (χ1v) is 7.82. The third-order valence-corrected chi connectivity index (χ3v) is 4.39. The molecule has 1 N–H and O–H groups in total. The first kappa shape index (κ1) is 14.4. The zero-order valence-electron chi connectivity index (χ0n) is 11.7. The van der Waals surface area contributed by atoms with Crippen molar-refractivity contribution in [1.82, 2.24) is 15.1 Å². The number of carbonyl (C=O) groups excluding carboxylic acids is 1. The summed E-state index contributed by atoms with van der Waals surface area (Å²) in [5.41, 5.74) is 0. The van der Waals surface area contributed by atoms with E-state index in [-0.39, 0.29) is 5.91 Å². The van der Waals surface area contributed by atoms with Crippen molar-refractivity contribution in [3.8, 4) is 0 Å². The fourth-order valence-corrected chi connectivity index (χ4v) is 2.94. The molecule has 1 aliphatic rings. The average Bonchev–Trinajstić information content (AvgIpc) is 2.67. The van der Waals surface area contributed by atoms with Gasteiger partial charge in [0.2, 0.25) is 11.0 Å². The Hall–Kier alpha value is -1.01. The van der Waals surface area contributed by atoms with E-state index < -0.39 is 0 Å². The van der Waals surface area contributed by atoms with Crippen LogP contribution in [-0.4, -0.2) is 40.6 Å². The second-order valence-corrected chi connectivity index (χ2v) is 6.35. The SMILES string of the molecule is CC(C)c1nnc(NC(=O)CN2CCCCCC2)s1. The minimum atomic E-state index is 0.0216. The van der Waals surface area contributed by atoms with Gasteiger partial charge in [-0.1, -0.05) is 38.0 Å². The number of amides is 1. The zero-order chi connectivity index (χ0) is 13.7. The maximum atomic E-state index is 12.0.